The molecule has 1 N–H and O–H groups in total. The molecule has 1 aromatic carbocycles. The molecule has 0 aliphatic carbocycles. The third-order valence-electron chi connectivity index (χ3n) is 2.38. The zero-order chi connectivity index (χ0) is 10.7. The maximum atomic E-state index is 9.25. The van der Waals surface area contributed by atoms with E-state index in [9.17, 15) is 5.11 Å². The summed E-state index contributed by atoms with van der Waals surface area (Å²) in [5, 5.41) is 18.1. The van der Waals surface area contributed by atoms with Gasteiger partial charge in [0.2, 0.25) is 0 Å². The van der Waals surface area contributed by atoms with E-state index < -0.39 is 0 Å². The SMILES string of the molecule is Cc1cc(CC(C)O)cc(C#N)c1C. The summed E-state index contributed by atoms with van der Waals surface area (Å²) in [4.78, 5) is 0. The van der Waals surface area contributed by atoms with Crippen molar-refractivity contribution in [3.8, 4) is 6.07 Å². The minimum Gasteiger partial charge on any atom is -0.393 e. The topological polar surface area (TPSA) is 44.0 Å². The first-order chi connectivity index (χ1) is 6.54. The smallest absolute Gasteiger partial charge is 0.0994 e. The number of nitriles is 1. The Morgan fingerprint density at radius 3 is 2.57 bits per heavy atom. The van der Waals surface area contributed by atoms with Gasteiger partial charge in [-0.05, 0) is 49.9 Å². The molecule has 0 heterocycles. The van der Waals surface area contributed by atoms with Crippen molar-refractivity contribution in [2.45, 2.75) is 33.3 Å². The van der Waals surface area contributed by atoms with Crippen LogP contribution in [0, 0.1) is 25.2 Å². The fourth-order valence-corrected chi connectivity index (χ4v) is 1.51. The number of aliphatic hydroxyl groups excluding tert-OH is 1. The number of hydrogen-bond acceptors (Lipinski definition) is 2. The number of rotatable bonds is 2. The third-order valence-corrected chi connectivity index (χ3v) is 2.38. The average molecular weight is 189 g/mol. The lowest BCUT2D eigenvalue weighted by molar-refractivity contribution is 0.195. The van der Waals surface area contributed by atoms with Crippen molar-refractivity contribution >= 4 is 0 Å². The van der Waals surface area contributed by atoms with Crippen molar-refractivity contribution in [2.24, 2.45) is 0 Å². The lowest BCUT2D eigenvalue weighted by Gasteiger charge is -2.08. The van der Waals surface area contributed by atoms with E-state index in [0.29, 0.717) is 12.0 Å². The molecule has 0 radical (unpaired) electrons. The molecular formula is C12H15NO. The van der Waals surface area contributed by atoms with Gasteiger partial charge in [0.1, 0.15) is 0 Å². The van der Waals surface area contributed by atoms with Crippen LogP contribution in [0.2, 0.25) is 0 Å². The zero-order valence-electron chi connectivity index (χ0n) is 8.83. The number of aryl methyl sites for hydroxylation is 1. The van der Waals surface area contributed by atoms with Gasteiger partial charge < -0.3 is 5.11 Å². The first kappa shape index (κ1) is 10.7. The van der Waals surface area contributed by atoms with Crippen LogP contribution >= 0.6 is 0 Å². The Kier molecular flexibility index (Phi) is 3.27. The van der Waals surface area contributed by atoms with Gasteiger partial charge in [-0.25, -0.2) is 0 Å². The van der Waals surface area contributed by atoms with Gasteiger partial charge >= 0.3 is 0 Å². The molecule has 0 bridgehead atoms. The van der Waals surface area contributed by atoms with Gasteiger partial charge in [0.05, 0.1) is 17.7 Å². The zero-order valence-corrected chi connectivity index (χ0v) is 8.83. The summed E-state index contributed by atoms with van der Waals surface area (Å²) in [6, 6.07) is 6.05. The van der Waals surface area contributed by atoms with Gasteiger partial charge in [-0.15, -0.1) is 0 Å². The van der Waals surface area contributed by atoms with E-state index in [0.717, 1.165) is 16.7 Å². The van der Waals surface area contributed by atoms with Crippen molar-refractivity contribution in [3.63, 3.8) is 0 Å². The highest BCUT2D eigenvalue weighted by atomic mass is 16.3. The molecule has 2 heteroatoms. The first-order valence-corrected chi connectivity index (χ1v) is 4.73. The summed E-state index contributed by atoms with van der Waals surface area (Å²) in [5.41, 5.74) is 3.88. The molecule has 0 aliphatic heterocycles. The molecule has 74 valence electrons. The molecule has 0 aliphatic rings. The Hall–Kier alpha value is -1.33. The molecule has 0 saturated heterocycles. The highest BCUT2D eigenvalue weighted by Crippen LogP contribution is 2.16. The van der Waals surface area contributed by atoms with Gasteiger partial charge in [-0.1, -0.05) is 6.07 Å². The standard InChI is InChI=1S/C12H15NO/c1-8-4-11(5-9(2)14)6-12(7-13)10(8)3/h4,6,9,14H,5H2,1-3H3. The second-order valence-electron chi connectivity index (χ2n) is 3.75. The Bertz CT molecular complexity index is 375. The number of benzene rings is 1. The van der Waals surface area contributed by atoms with Crippen LogP contribution in [0.5, 0.6) is 0 Å². The van der Waals surface area contributed by atoms with Crippen molar-refractivity contribution in [2.75, 3.05) is 0 Å². The molecule has 1 rings (SSSR count). The summed E-state index contributed by atoms with van der Waals surface area (Å²) < 4.78 is 0. The van der Waals surface area contributed by atoms with Crippen LogP contribution in [-0.2, 0) is 6.42 Å². The van der Waals surface area contributed by atoms with E-state index in [2.05, 4.69) is 6.07 Å². The number of hydrogen-bond donors (Lipinski definition) is 1. The number of aliphatic hydroxyl groups is 1. The van der Waals surface area contributed by atoms with E-state index >= 15 is 0 Å². The Balaban J connectivity index is 3.11. The van der Waals surface area contributed by atoms with E-state index in [1.807, 2.05) is 26.0 Å². The maximum Gasteiger partial charge on any atom is 0.0994 e. The Morgan fingerprint density at radius 2 is 2.07 bits per heavy atom. The Labute approximate surface area is 84.8 Å². The van der Waals surface area contributed by atoms with Crippen molar-refractivity contribution < 1.29 is 5.11 Å². The molecule has 0 saturated carbocycles. The van der Waals surface area contributed by atoms with Crippen LogP contribution in [0.15, 0.2) is 12.1 Å². The average Bonchev–Trinajstić information content (AvgIpc) is 2.10. The lowest BCUT2D eigenvalue weighted by atomic mass is 9.98. The minimum absolute atomic E-state index is 0.358. The molecule has 14 heavy (non-hydrogen) atoms. The number of nitrogens with zero attached hydrogens (tertiary/aromatic N) is 1. The molecule has 0 amide bonds. The molecule has 1 aromatic rings. The van der Waals surface area contributed by atoms with E-state index in [4.69, 9.17) is 5.26 Å². The van der Waals surface area contributed by atoms with E-state index in [1.165, 1.54) is 0 Å². The van der Waals surface area contributed by atoms with Crippen molar-refractivity contribution in [3.05, 3.63) is 34.4 Å². The summed E-state index contributed by atoms with van der Waals surface area (Å²) in [6.45, 7) is 5.68. The third kappa shape index (κ3) is 2.34. The molecule has 2 nitrogen and oxygen atoms in total. The quantitative estimate of drug-likeness (QED) is 0.774. The molecular weight excluding hydrogens is 174 g/mol. The van der Waals surface area contributed by atoms with Crippen molar-refractivity contribution in [1.82, 2.24) is 0 Å². The first-order valence-electron chi connectivity index (χ1n) is 4.73. The van der Waals surface area contributed by atoms with Crippen LogP contribution in [-0.4, -0.2) is 11.2 Å². The van der Waals surface area contributed by atoms with Gasteiger partial charge in [-0.2, -0.15) is 5.26 Å². The van der Waals surface area contributed by atoms with Crippen LogP contribution in [0.1, 0.15) is 29.2 Å². The minimum atomic E-state index is -0.358. The molecule has 0 fully saturated rings. The summed E-state index contributed by atoms with van der Waals surface area (Å²) in [6.07, 6.45) is 0.249. The predicted molar refractivity (Wildman–Crippen MR) is 56.0 cm³/mol. The molecule has 1 atom stereocenters. The van der Waals surface area contributed by atoms with Crippen molar-refractivity contribution in [1.29, 1.82) is 5.26 Å². The van der Waals surface area contributed by atoms with Crippen LogP contribution in [0.3, 0.4) is 0 Å². The lowest BCUT2D eigenvalue weighted by Crippen LogP contribution is -2.05. The van der Waals surface area contributed by atoms with Crippen LogP contribution in [0.4, 0.5) is 0 Å². The highest BCUT2D eigenvalue weighted by Gasteiger charge is 2.05. The monoisotopic (exact) mass is 189 g/mol. The van der Waals surface area contributed by atoms with Gasteiger partial charge in [0.15, 0.2) is 0 Å². The largest absolute Gasteiger partial charge is 0.393 e. The maximum absolute atomic E-state index is 9.25. The van der Waals surface area contributed by atoms with E-state index in [1.54, 1.807) is 6.92 Å². The van der Waals surface area contributed by atoms with Gasteiger partial charge in [0, 0.05) is 0 Å². The van der Waals surface area contributed by atoms with Gasteiger partial charge in [0.25, 0.3) is 0 Å². The normalized spacial score (nSPS) is 12.2. The molecule has 1 unspecified atom stereocenters. The van der Waals surface area contributed by atoms with Crippen LogP contribution in [0.25, 0.3) is 0 Å². The summed E-state index contributed by atoms with van der Waals surface area (Å²) in [5.74, 6) is 0. The van der Waals surface area contributed by atoms with E-state index in [-0.39, 0.29) is 6.10 Å². The summed E-state index contributed by atoms with van der Waals surface area (Å²) in [7, 11) is 0. The predicted octanol–water partition coefficient (Wildman–Crippen LogP) is 2.10. The van der Waals surface area contributed by atoms with Crippen LogP contribution < -0.4 is 0 Å². The fourth-order valence-electron chi connectivity index (χ4n) is 1.51. The Morgan fingerprint density at radius 1 is 1.43 bits per heavy atom. The van der Waals surface area contributed by atoms with Gasteiger partial charge in [-0.3, -0.25) is 0 Å². The second-order valence-corrected chi connectivity index (χ2v) is 3.75. The fraction of sp³-hybridized carbons (Fsp3) is 0.417. The molecule has 0 aromatic heterocycles. The second kappa shape index (κ2) is 4.26. The summed E-state index contributed by atoms with van der Waals surface area (Å²) >= 11 is 0. The molecule has 0 spiro atoms. The highest BCUT2D eigenvalue weighted by molar-refractivity contribution is 5.44.